The van der Waals surface area contributed by atoms with E-state index < -0.39 is 0 Å². The zero-order valence-corrected chi connectivity index (χ0v) is 16.6. The van der Waals surface area contributed by atoms with Gasteiger partial charge in [-0.25, -0.2) is 15.0 Å². The van der Waals surface area contributed by atoms with Crippen LogP contribution in [0, 0.1) is 0 Å². The van der Waals surface area contributed by atoms with Gasteiger partial charge in [-0.2, -0.15) is 0 Å². The van der Waals surface area contributed by atoms with Crippen LogP contribution in [0.3, 0.4) is 0 Å². The maximum Gasteiger partial charge on any atom is 0.259 e. The summed E-state index contributed by atoms with van der Waals surface area (Å²) in [5, 5.41) is 0. The number of hydrogen-bond donors (Lipinski definition) is 0. The number of fused-ring (bicyclic) bond motifs is 1. The first-order valence-electron chi connectivity index (χ1n) is 10.1. The van der Waals surface area contributed by atoms with Crippen molar-refractivity contribution in [3.05, 3.63) is 47.2 Å². The fourth-order valence-electron chi connectivity index (χ4n) is 3.94. The summed E-state index contributed by atoms with van der Waals surface area (Å²) < 4.78 is 5.52. The second-order valence-electron chi connectivity index (χ2n) is 7.54. The maximum atomic E-state index is 13.0. The van der Waals surface area contributed by atoms with Gasteiger partial charge in [0.25, 0.3) is 5.91 Å². The summed E-state index contributed by atoms with van der Waals surface area (Å²) in [6.07, 6.45) is 6.55. The van der Waals surface area contributed by atoms with Crippen molar-refractivity contribution in [3.63, 3.8) is 0 Å². The highest BCUT2D eigenvalue weighted by atomic mass is 16.5. The molecule has 0 aromatic carbocycles. The fraction of sp³-hybridized carbons (Fsp3) is 0.524. The lowest BCUT2D eigenvalue weighted by molar-refractivity contribution is 0.0728. The van der Waals surface area contributed by atoms with Gasteiger partial charge < -0.3 is 14.5 Å². The third kappa shape index (κ3) is 3.85. The summed E-state index contributed by atoms with van der Waals surface area (Å²) >= 11 is 0. The first-order chi connectivity index (χ1) is 13.7. The number of piperidine rings is 1. The molecule has 2 aromatic rings. The molecule has 2 aromatic heterocycles. The van der Waals surface area contributed by atoms with Crippen LogP contribution in [0.15, 0.2) is 24.5 Å². The van der Waals surface area contributed by atoms with Crippen LogP contribution in [-0.4, -0.2) is 63.9 Å². The van der Waals surface area contributed by atoms with Gasteiger partial charge >= 0.3 is 0 Å². The molecule has 28 heavy (non-hydrogen) atoms. The molecular formula is C21H27N5O2. The van der Waals surface area contributed by atoms with E-state index in [1.807, 2.05) is 18.0 Å². The molecule has 0 bridgehead atoms. The zero-order chi connectivity index (χ0) is 19.5. The number of pyridine rings is 1. The fourth-order valence-corrected chi connectivity index (χ4v) is 3.94. The highest BCUT2D eigenvalue weighted by Gasteiger charge is 2.27. The van der Waals surface area contributed by atoms with E-state index in [-0.39, 0.29) is 5.91 Å². The molecule has 0 radical (unpaired) electrons. The van der Waals surface area contributed by atoms with E-state index in [2.05, 4.69) is 21.9 Å². The van der Waals surface area contributed by atoms with Crippen LogP contribution in [0.25, 0.3) is 0 Å². The van der Waals surface area contributed by atoms with Crippen molar-refractivity contribution in [1.29, 1.82) is 0 Å². The van der Waals surface area contributed by atoms with Crippen molar-refractivity contribution in [2.24, 2.45) is 0 Å². The van der Waals surface area contributed by atoms with Crippen molar-refractivity contribution in [2.75, 3.05) is 33.3 Å². The first-order valence-corrected chi connectivity index (χ1v) is 10.1. The molecular weight excluding hydrogens is 354 g/mol. The summed E-state index contributed by atoms with van der Waals surface area (Å²) in [5.41, 5.74) is 2.64. The van der Waals surface area contributed by atoms with Crippen molar-refractivity contribution in [3.8, 4) is 5.88 Å². The predicted octanol–water partition coefficient (Wildman–Crippen LogP) is 2.28. The number of ether oxygens (including phenoxy) is 1. The van der Waals surface area contributed by atoms with Crippen molar-refractivity contribution in [1.82, 2.24) is 24.8 Å². The number of amides is 1. The number of likely N-dealkylation sites (tertiary alicyclic amines) is 1. The number of carbonyl (C=O) groups excluding carboxylic acids is 1. The molecule has 4 rings (SSSR count). The molecule has 0 aliphatic carbocycles. The van der Waals surface area contributed by atoms with Crippen LogP contribution in [0.4, 0.5) is 0 Å². The SMILES string of the molecule is CCOc1ncccc1C(=O)N1CCc2nc(C3CCN(C)CC3)ncc2C1. The normalized spacial score (nSPS) is 18.0. The monoisotopic (exact) mass is 381 g/mol. The van der Waals surface area contributed by atoms with E-state index in [4.69, 9.17) is 9.72 Å². The second kappa shape index (κ2) is 8.22. The molecule has 0 unspecified atom stereocenters. The molecule has 7 nitrogen and oxygen atoms in total. The number of rotatable bonds is 4. The zero-order valence-electron chi connectivity index (χ0n) is 16.6. The van der Waals surface area contributed by atoms with Gasteiger partial charge in [0, 0.05) is 43.4 Å². The lowest BCUT2D eigenvalue weighted by Crippen LogP contribution is -2.37. The first kappa shape index (κ1) is 18.8. The topological polar surface area (TPSA) is 71.5 Å². The highest BCUT2D eigenvalue weighted by Crippen LogP contribution is 2.27. The van der Waals surface area contributed by atoms with Crippen LogP contribution in [0.5, 0.6) is 5.88 Å². The Labute approximate surface area is 165 Å². The van der Waals surface area contributed by atoms with Crippen molar-refractivity contribution < 1.29 is 9.53 Å². The van der Waals surface area contributed by atoms with Gasteiger partial charge in [0.2, 0.25) is 5.88 Å². The molecule has 7 heteroatoms. The highest BCUT2D eigenvalue weighted by molar-refractivity contribution is 5.96. The van der Waals surface area contributed by atoms with Gasteiger partial charge in [-0.15, -0.1) is 0 Å². The van der Waals surface area contributed by atoms with E-state index in [9.17, 15) is 4.79 Å². The van der Waals surface area contributed by atoms with Crippen LogP contribution in [0.2, 0.25) is 0 Å². The Morgan fingerprint density at radius 3 is 2.86 bits per heavy atom. The van der Waals surface area contributed by atoms with Crippen LogP contribution < -0.4 is 4.74 Å². The largest absolute Gasteiger partial charge is 0.477 e. The molecule has 1 saturated heterocycles. The smallest absolute Gasteiger partial charge is 0.259 e. The van der Waals surface area contributed by atoms with Crippen LogP contribution in [-0.2, 0) is 13.0 Å². The average molecular weight is 381 g/mol. The minimum absolute atomic E-state index is 0.0541. The Bertz CT molecular complexity index is 848. The van der Waals surface area contributed by atoms with Crippen LogP contribution in [0.1, 0.15) is 53.1 Å². The van der Waals surface area contributed by atoms with Gasteiger partial charge in [0.1, 0.15) is 11.4 Å². The number of hydrogen-bond acceptors (Lipinski definition) is 6. The molecule has 148 valence electrons. The van der Waals surface area contributed by atoms with E-state index >= 15 is 0 Å². The second-order valence-corrected chi connectivity index (χ2v) is 7.54. The number of aromatic nitrogens is 3. The molecule has 2 aliphatic heterocycles. The third-order valence-electron chi connectivity index (χ3n) is 5.61. The van der Waals surface area contributed by atoms with Gasteiger partial charge in [-0.05, 0) is 52.0 Å². The molecule has 0 spiro atoms. The van der Waals surface area contributed by atoms with Gasteiger partial charge in [-0.3, -0.25) is 4.79 Å². The Balaban J connectivity index is 1.49. The Kier molecular flexibility index (Phi) is 5.52. The summed E-state index contributed by atoms with van der Waals surface area (Å²) in [6.45, 7) is 5.74. The molecule has 1 fully saturated rings. The molecule has 0 atom stereocenters. The number of nitrogens with zero attached hydrogens (tertiary/aromatic N) is 5. The van der Waals surface area contributed by atoms with E-state index in [1.165, 1.54) is 0 Å². The summed E-state index contributed by atoms with van der Waals surface area (Å²) in [7, 11) is 2.16. The van der Waals surface area contributed by atoms with E-state index in [0.29, 0.717) is 37.1 Å². The molecule has 1 amide bonds. The minimum atomic E-state index is -0.0541. The molecule has 0 saturated carbocycles. The summed E-state index contributed by atoms with van der Waals surface area (Å²) in [5.74, 6) is 1.76. The molecule has 4 heterocycles. The molecule has 0 N–H and O–H groups in total. The summed E-state index contributed by atoms with van der Waals surface area (Å²) in [4.78, 5) is 30.9. The van der Waals surface area contributed by atoms with Crippen molar-refractivity contribution in [2.45, 2.75) is 38.6 Å². The number of carbonyl (C=O) groups is 1. The van der Waals surface area contributed by atoms with Gasteiger partial charge in [0.05, 0.1) is 12.3 Å². The van der Waals surface area contributed by atoms with Gasteiger partial charge in [-0.1, -0.05) is 0 Å². The Morgan fingerprint density at radius 1 is 1.25 bits per heavy atom. The quantitative estimate of drug-likeness (QED) is 0.809. The lowest BCUT2D eigenvalue weighted by Gasteiger charge is -2.30. The van der Waals surface area contributed by atoms with Crippen molar-refractivity contribution >= 4 is 5.91 Å². The standard InChI is InChI=1S/C21H27N5O2/c1-3-28-20-17(5-4-9-22-20)21(27)26-12-8-18-16(14-26)13-23-19(24-18)15-6-10-25(2)11-7-15/h4-5,9,13,15H,3,6-8,10-12,14H2,1-2H3. The van der Waals surface area contributed by atoms with E-state index in [0.717, 1.165) is 49.4 Å². The molecule has 2 aliphatic rings. The Hall–Kier alpha value is -2.54. The Morgan fingerprint density at radius 2 is 2.07 bits per heavy atom. The van der Waals surface area contributed by atoms with Gasteiger partial charge in [0.15, 0.2) is 0 Å². The minimum Gasteiger partial charge on any atom is -0.477 e. The van der Waals surface area contributed by atoms with E-state index in [1.54, 1.807) is 18.3 Å². The predicted molar refractivity (Wildman–Crippen MR) is 105 cm³/mol. The summed E-state index contributed by atoms with van der Waals surface area (Å²) in [6, 6.07) is 3.54. The lowest BCUT2D eigenvalue weighted by atomic mass is 9.95. The third-order valence-corrected chi connectivity index (χ3v) is 5.61. The van der Waals surface area contributed by atoms with Crippen LogP contribution >= 0.6 is 0 Å². The average Bonchev–Trinajstić information content (AvgIpc) is 2.74. The maximum absolute atomic E-state index is 13.0.